The van der Waals surface area contributed by atoms with Crippen molar-refractivity contribution in [3.8, 4) is 5.75 Å². The highest BCUT2D eigenvalue weighted by molar-refractivity contribution is 7.93. The van der Waals surface area contributed by atoms with Crippen LogP contribution in [0.25, 0.3) is 0 Å². The fourth-order valence-corrected chi connectivity index (χ4v) is 5.04. The topological polar surface area (TPSA) is 167 Å². The van der Waals surface area contributed by atoms with Crippen LogP contribution >= 0.6 is 0 Å². The van der Waals surface area contributed by atoms with Gasteiger partial charge in [0.2, 0.25) is 4.91 Å². The van der Waals surface area contributed by atoms with Crippen LogP contribution in [0.1, 0.15) is 19.2 Å². The fraction of sp³-hybridized carbons (Fsp3) is 0.375. The summed E-state index contributed by atoms with van der Waals surface area (Å²) >= 11 is 0. The van der Waals surface area contributed by atoms with Gasteiger partial charge in [0, 0.05) is 5.69 Å². The number of amides is 1. The van der Waals surface area contributed by atoms with E-state index < -0.39 is 39.7 Å². The molecule has 2 N–H and O–H groups in total. The minimum absolute atomic E-state index is 0.0130. The molecule has 15 heteroatoms. The Kier molecular flexibility index (Phi) is 5.90. The van der Waals surface area contributed by atoms with E-state index in [0.29, 0.717) is 0 Å². The molecular weight excluding hydrogens is 440 g/mol. The molecule has 31 heavy (non-hydrogen) atoms. The van der Waals surface area contributed by atoms with E-state index in [-0.39, 0.29) is 34.0 Å². The summed E-state index contributed by atoms with van der Waals surface area (Å²) in [6.45, 7) is -0.417. The summed E-state index contributed by atoms with van der Waals surface area (Å²) in [5, 5.41) is 20.0. The van der Waals surface area contributed by atoms with E-state index in [4.69, 9.17) is 10.3 Å². The number of sulfonamides is 1. The van der Waals surface area contributed by atoms with Gasteiger partial charge in [-0.1, -0.05) is 0 Å². The molecule has 0 aliphatic carbocycles. The van der Waals surface area contributed by atoms with Gasteiger partial charge in [-0.2, -0.15) is 13.9 Å². The monoisotopic (exact) mass is 457 g/mol. The number of alkyl halides is 2. The molecule has 0 bridgehead atoms. The molecular formula is C16H17F2N7O5S. The summed E-state index contributed by atoms with van der Waals surface area (Å²) in [6, 6.07) is 2.97. The van der Waals surface area contributed by atoms with Crippen molar-refractivity contribution in [1.82, 2.24) is 14.7 Å². The van der Waals surface area contributed by atoms with Crippen LogP contribution in [-0.4, -0.2) is 43.0 Å². The van der Waals surface area contributed by atoms with E-state index in [1.807, 2.05) is 5.32 Å². The van der Waals surface area contributed by atoms with E-state index in [9.17, 15) is 27.1 Å². The molecule has 1 aromatic heterocycles. The normalized spacial score (nSPS) is 18.2. The molecule has 2 heterocycles. The lowest BCUT2D eigenvalue weighted by Gasteiger charge is -2.39. The summed E-state index contributed by atoms with van der Waals surface area (Å²) in [5.74, 6) is 0.0784. The van der Waals surface area contributed by atoms with Crippen LogP contribution in [0.5, 0.6) is 5.75 Å². The molecule has 0 fully saturated rings. The lowest BCUT2D eigenvalue weighted by Crippen LogP contribution is -2.52. The molecule has 1 amide bonds. The highest BCUT2D eigenvalue weighted by Gasteiger charge is 2.42. The number of nitrogens with one attached hydrogen (secondary N) is 2. The number of hydrogen-bond donors (Lipinski definition) is 2. The van der Waals surface area contributed by atoms with E-state index in [2.05, 4.69) is 15.1 Å². The first-order valence-electron chi connectivity index (χ1n) is 8.76. The zero-order valence-corrected chi connectivity index (χ0v) is 17.0. The van der Waals surface area contributed by atoms with Gasteiger partial charge in [-0.25, -0.2) is 13.1 Å². The van der Waals surface area contributed by atoms with Gasteiger partial charge >= 0.3 is 6.55 Å². The van der Waals surface area contributed by atoms with Gasteiger partial charge in [0.05, 0.1) is 23.6 Å². The number of anilines is 2. The van der Waals surface area contributed by atoms with Crippen molar-refractivity contribution in [2.75, 3.05) is 16.2 Å². The van der Waals surface area contributed by atoms with Crippen LogP contribution in [0.4, 0.5) is 25.0 Å². The summed E-state index contributed by atoms with van der Waals surface area (Å²) in [6.07, 6.45) is -1.75. The first-order chi connectivity index (χ1) is 14.6. The Morgan fingerprint density at radius 3 is 2.77 bits per heavy atom. The summed E-state index contributed by atoms with van der Waals surface area (Å²) in [7, 11) is -4.44. The number of benzene rings is 1. The van der Waals surface area contributed by atoms with Crippen molar-refractivity contribution in [2.24, 2.45) is 5.11 Å². The number of halogens is 2. The SMILES string of the molecule is Cc1nn(C(F)F)cc1S(=O)(=O)N1c2cc(NC(=O)[O-])ccc2O[C@@H](CN=[N+]=N)[C@H]1C. The highest BCUT2D eigenvalue weighted by atomic mass is 32.2. The molecule has 12 nitrogen and oxygen atoms in total. The highest BCUT2D eigenvalue weighted by Crippen LogP contribution is 2.42. The number of hydrogen-bond acceptors (Lipinski definition) is 8. The van der Waals surface area contributed by atoms with Gasteiger partial charge in [0.25, 0.3) is 10.0 Å². The molecule has 2 atom stereocenters. The second kappa shape index (κ2) is 8.28. The number of nitrogens with zero attached hydrogens (tertiary/aromatic N) is 5. The first-order valence-corrected chi connectivity index (χ1v) is 10.2. The maximum Gasteiger partial charge on any atom is 0.333 e. The van der Waals surface area contributed by atoms with Crippen LogP contribution in [0.2, 0.25) is 0 Å². The zero-order chi connectivity index (χ0) is 22.9. The van der Waals surface area contributed by atoms with Gasteiger partial charge in [-0.3, -0.25) is 4.31 Å². The third-order valence-electron chi connectivity index (χ3n) is 4.57. The molecule has 3 rings (SSSR count). The Labute approximate surface area is 174 Å². The van der Waals surface area contributed by atoms with Crippen molar-refractivity contribution in [3.63, 3.8) is 0 Å². The van der Waals surface area contributed by atoms with Crippen molar-refractivity contribution in [1.29, 1.82) is 5.53 Å². The molecule has 0 saturated heterocycles. The largest absolute Gasteiger partial charge is 0.530 e. The Hall–Kier alpha value is -3.58. The molecule has 166 valence electrons. The molecule has 0 radical (unpaired) electrons. The lowest BCUT2D eigenvalue weighted by molar-refractivity contribution is -0.242. The van der Waals surface area contributed by atoms with E-state index in [0.717, 1.165) is 10.5 Å². The average molecular weight is 457 g/mol. The Bertz CT molecular complexity index is 1160. The summed E-state index contributed by atoms with van der Waals surface area (Å²) < 4.78 is 60.0. The number of aryl methyl sites for hydroxylation is 1. The molecule has 1 aliphatic rings. The number of rotatable bonds is 6. The van der Waals surface area contributed by atoms with Crippen LogP contribution in [0.3, 0.4) is 0 Å². The second-order valence-electron chi connectivity index (χ2n) is 6.55. The third-order valence-corrected chi connectivity index (χ3v) is 6.57. The third kappa shape index (κ3) is 4.18. The molecule has 0 unspecified atom stereocenters. The zero-order valence-electron chi connectivity index (χ0n) is 16.2. The predicted octanol–water partition coefficient (Wildman–Crippen LogP) is 1.24. The van der Waals surface area contributed by atoms with Gasteiger partial charge in [0.1, 0.15) is 33.5 Å². The minimum Gasteiger partial charge on any atom is -0.530 e. The van der Waals surface area contributed by atoms with Crippen molar-refractivity contribution in [3.05, 3.63) is 30.1 Å². The number of fused-ring (bicyclic) bond motifs is 1. The number of carboxylic acid groups (broad SMARTS) is 1. The van der Waals surface area contributed by atoms with E-state index in [1.54, 1.807) is 0 Å². The number of aromatic nitrogens is 2. The fourth-order valence-electron chi connectivity index (χ4n) is 3.20. The number of carbonyl (C=O) groups is 1. The van der Waals surface area contributed by atoms with E-state index in [1.165, 1.54) is 32.0 Å². The predicted molar refractivity (Wildman–Crippen MR) is 99.4 cm³/mol. The van der Waals surface area contributed by atoms with Gasteiger partial charge in [0.15, 0.2) is 6.54 Å². The Balaban J connectivity index is 2.17. The van der Waals surface area contributed by atoms with Crippen LogP contribution in [0.15, 0.2) is 34.4 Å². The first kappa shape index (κ1) is 22.1. The molecule has 1 aromatic carbocycles. The van der Waals surface area contributed by atoms with Crippen LogP contribution in [0, 0.1) is 12.5 Å². The standard InChI is InChI=1S/C16H17F2N7O5S/c1-8-14(7-24(22-8)15(17)18)31(28,29)25-9(2)13(6-20-23-19)30-12-4-3-10(5-11(12)25)21-16(26)27/h3-5,7,9,13,15,19,21H,6H2,1-2H3/t9-,13+/m1/s1. The molecule has 0 saturated carbocycles. The number of ether oxygens (including phenoxy) is 1. The summed E-state index contributed by atoms with van der Waals surface area (Å²) in [4.78, 5) is 13.3. The maximum absolute atomic E-state index is 13.5. The lowest BCUT2D eigenvalue weighted by atomic mass is 10.1. The second-order valence-corrected chi connectivity index (χ2v) is 8.34. The van der Waals surface area contributed by atoms with Crippen molar-refractivity contribution in [2.45, 2.75) is 37.4 Å². The van der Waals surface area contributed by atoms with Crippen LogP contribution in [-0.2, 0) is 10.0 Å². The van der Waals surface area contributed by atoms with Crippen molar-refractivity contribution >= 4 is 27.5 Å². The Morgan fingerprint density at radius 2 is 2.19 bits per heavy atom. The van der Waals surface area contributed by atoms with E-state index >= 15 is 0 Å². The van der Waals surface area contributed by atoms with Crippen LogP contribution < -0.4 is 24.4 Å². The van der Waals surface area contributed by atoms with Gasteiger partial charge < -0.3 is 20.0 Å². The Morgan fingerprint density at radius 1 is 1.48 bits per heavy atom. The summed E-state index contributed by atoms with van der Waals surface area (Å²) in [5.41, 5.74) is 6.66. The maximum atomic E-state index is 13.5. The number of carbonyl (C=O) groups excluding carboxylic acids is 1. The van der Waals surface area contributed by atoms with Gasteiger partial charge in [-0.15, -0.1) is 0 Å². The average Bonchev–Trinajstić information content (AvgIpc) is 3.08. The molecule has 1 aliphatic heterocycles. The smallest absolute Gasteiger partial charge is 0.333 e. The van der Waals surface area contributed by atoms with Gasteiger partial charge in [-0.05, 0) is 32.0 Å². The van der Waals surface area contributed by atoms with Crippen molar-refractivity contribution < 1.29 is 31.8 Å². The molecule has 0 spiro atoms. The minimum atomic E-state index is -4.44. The molecule has 2 aromatic rings. The quantitative estimate of drug-likeness (QED) is 0.489.